The van der Waals surface area contributed by atoms with Gasteiger partial charge in [-0.1, -0.05) is 36.4 Å². The first kappa shape index (κ1) is 15.5. The first-order chi connectivity index (χ1) is 11.7. The smallest absolute Gasteiger partial charge is 0.407 e. The summed E-state index contributed by atoms with van der Waals surface area (Å²) in [5.74, 6) is 0. The lowest BCUT2D eigenvalue weighted by molar-refractivity contribution is 0.141. The van der Waals surface area contributed by atoms with Gasteiger partial charge in [0.15, 0.2) is 5.65 Å². The molecule has 2 aromatic heterocycles. The third kappa shape index (κ3) is 3.67. The van der Waals surface area contributed by atoms with Crippen LogP contribution in [0.2, 0.25) is 0 Å². The van der Waals surface area contributed by atoms with Crippen molar-refractivity contribution in [3.05, 3.63) is 64.3 Å². The van der Waals surface area contributed by atoms with E-state index in [1.807, 2.05) is 30.3 Å². The number of aromatic amines is 2. The zero-order chi connectivity index (χ0) is 16.8. The molecule has 1 aromatic carbocycles. The number of alkyl carbamates (subject to hydrolysis) is 1. The van der Waals surface area contributed by atoms with Crippen molar-refractivity contribution in [3.63, 3.8) is 0 Å². The number of carbonyl (C=O) groups is 1. The summed E-state index contributed by atoms with van der Waals surface area (Å²) in [5.41, 5.74) is 1.51. The Morgan fingerprint density at radius 3 is 2.96 bits per heavy atom. The summed E-state index contributed by atoms with van der Waals surface area (Å²) in [6.45, 7) is 0.467. The molecule has 24 heavy (non-hydrogen) atoms. The molecule has 3 rings (SSSR count). The lowest BCUT2D eigenvalue weighted by Gasteiger charge is -2.05. The topological polar surface area (TPSA) is 113 Å². The number of benzene rings is 1. The van der Waals surface area contributed by atoms with Crippen LogP contribution in [0.25, 0.3) is 17.1 Å². The molecule has 0 aliphatic heterocycles. The number of nitrogens with zero attached hydrogens (tertiary/aromatic N) is 2. The fourth-order valence-electron chi connectivity index (χ4n) is 2.10. The van der Waals surface area contributed by atoms with Crippen LogP contribution in [0.15, 0.2) is 47.5 Å². The van der Waals surface area contributed by atoms with Crippen LogP contribution >= 0.6 is 0 Å². The van der Waals surface area contributed by atoms with E-state index >= 15 is 0 Å². The molecule has 0 radical (unpaired) electrons. The van der Waals surface area contributed by atoms with E-state index in [1.54, 1.807) is 12.2 Å². The van der Waals surface area contributed by atoms with Crippen molar-refractivity contribution in [2.75, 3.05) is 6.54 Å². The lowest BCUT2D eigenvalue weighted by Crippen LogP contribution is -2.24. The number of nitrogens with one attached hydrogen (secondary N) is 3. The van der Waals surface area contributed by atoms with Crippen molar-refractivity contribution >= 4 is 23.2 Å². The summed E-state index contributed by atoms with van der Waals surface area (Å²) < 4.78 is 5.09. The number of amides is 1. The fourth-order valence-corrected chi connectivity index (χ4v) is 2.10. The number of fused-ring (bicyclic) bond motifs is 1. The summed E-state index contributed by atoms with van der Waals surface area (Å²) in [4.78, 5) is 29.8. The third-order valence-corrected chi connectivity index (χ3v) is 3.25. The molecule has 3 N–H and O–H groups in total. The lowest BCUT2D eigenvalue weighted by atomic mass is 10.2. The van der Waals surface area contributed by atoms with Crippen LogP contribution in [0.3, 0.4) is 0 Å². The Kier molecular flexibility index (Phi) is 4.66. The molecule has 0 spiro atoms. The van der Waals surface area contributed by atoms with Gasteiger partial charge in [0, 0.05) is 6.54 Å². The largest absolute Gasteiger partial charge is 0.445 e. The number of rotatable bonds is 5. The van der Waals surface area contributed by atoms with E-state index < -0.39 is 6.09 Å². The molecule has 8 heteroatoms. The van der Waals surface area contributed by atoms with E-state index in [2.05, 4.69) is 25.5 Å². The van der Waals surface area contributed by atoms with Gasteiger partial charge in [0.25, 0.3) is 5.56 Å². The van der Waals surface area contributed by atoms with Crippen LogP contribution in [0.1, 0.15) is 11.3 Å². The second kappa shape index (κ2) is 7.23. The van der Waals surface area contributed by atoms with E-state index in [0.29, 0.717) is 16.7 Å². The van der Waals surface area contributed by atoms with Gasteiger partial charge in [-0.25, -0.2) is 9.78 Å². The zero-order valence-corrected chi connectivity index (χ0v) is 12.7. The van der Waals surface area contributed by atoms with Gasteiger partial charge in [0.1, 0.15) is 12.0 Å². The van der Waals surface area contributed by atoms with E-state index in [1.165, 1.54) is 6.33 Å². The molecule has 0 unspecified atom stereocenters. The second-order valence-electron chi connectivity index (χ2n) is 4.91. The molecule has 1 amide bonds. The van der Waals surface area contributed by atoms with Crippen molar-refractivity contribution in [1.82, 2.24) is 25.5 Å². The van der Waals surface area contributed by atoms with Crippen LogP contribution < -0.4 is 10.9 Å². The highest BCUT2D eigenvalue weighted by Crippen LogP contribution is 2.08. The normalized spacial score (nSPS) is 11.0. The molecular formula is C16H15N5O3. The van der Waals surface area contributed by atoms with Gasteiger partial charge in [-0.15, -0.1) is 0 Å². The Bertz CT molecular complexity index is 914. The Morgan fingerprint density at radius 1 is 1.29 bits per heavy atom. The summed E-state index contributed by atoms with van der Waals surface area (Å²) in [6.07, 6.45) is 4.12. The quantitative estimate of drug-likeness (QED) is 0.659. The Balaban J connectivity index is 1.51. The first-order valence-electron chi connectivity index (χ1n) is 7.27. The van der Waals surface area contributed by atoms with E-state index in [4.69, 9.17) is 4.74 Å². The molecule has 0 aliphatic rings. The molecule has 0 fully saturated rings. The Morgan fingerprint density at radius 2 is 2.12 bits per heavy atom. The van der Waals surface area contributed by atoms with E-state index in [9.17, 15) is 9.59 Å². The standard InChI is InChI=1S/C16H15N5O3/c22-15-13-12(20-21-14(13)18-10-19-15)7-4-8-17-16(23)24-9-11-5-2-1-3-6-11/h1-7,10H,8-9H2,(H,17,23)(H2,18,19,20,21,22). The SMILES string of the molecule is O=C(NCC=Cc1[nH]nc2nc[nH]c(=O)c12)OCc1ccccc1. The zero-order valence-electron chi connectivity index (χ0n) is 12.7. The molecule has 2 heterocycles. The second-order valence-corrected chi connectivity index (χ2v) is 4.91. The summed E-state index contributed by atoms with van der Waals surface area (Å²) in [6, 6.07) is 9.41. The van der Waals surface area contributed by atoms with Crippen molar-refractivity contribution < 1.29 is 9.53 Å². The van der Waals surface area contributed by atoms with Crippen LogP contribution in [0, 0.1) is 0 Å². The first-order valence-corrected chi connectivity index (χ1v) is 7.27. The molecule has 0 aliphatic carbocycles. The molecule has 8 nitrogen and oxygen atoms in total. The molecule has 0 atom stereocenters. The predicted molar refractivity (Wildman–Crippen MR) is 88.2 cm³/mol. The number of ether oxygens (including phenoxy) is 1. The molecule has 122 valence electrons. The highest BCUT2D eigenvalue weighted by molar-refractivity contribution is 5.82. The molecular weight excluding hydrogens is 310 g/mol. The molecule has 0 bridgehead atoms. The minimum atomic E-state index is -0.516. The number of hydrogen-bond donors (Lipinski definition) is 3. The maximum atomic E-state index is 11.7. The minimum Gasteiger partial charge on any atom is -0.445 e. The molecule has 3 aromatic rings. The number of H-pyrrole nitrogens is 2. The van der Waals surface area contributed by atoms with Gasteiger partial charge in [0.05, 0.1) is 12.0 Å². The van der Waals surface area contributed by atoms with Crippen molar-refractivity contribution in [2.24, 2.45) is 0 Å². The highest BCUT2D eigenvalue weighted by Gasteiger charge is 2.07. The highest BCUT2D eigenvalue weighted by atomic mass is 16.5. The maximum Gasteiger partial charge on any atom is 0.407 e. The van der Waals surface area contributed by atoms with Gasteiger partial charge >= 0.3 is 6.09 Å². The molecule has 0 saturated carbocycles. The number of carbonyl (C=O) groups excluding carboxylic acids is 1. The Hall–Kier alpha value is -3.42. The van der Waals surface area contributed by atoms with Crippen molar-refractivity contribution in [1.29, 1.82) is 0 Å². The summed E-state index contributed by atoms with van der Waals surface area (Å²) in [5, 5.41) is 9.63. The average Bonchev–Trinajstić information content (AvgIpc) is 3.02. The van der Waals surface area contributed by atoms with Gasteiger partial charge in [-0.3, -0.25) is 9.89 Å². The minimum absolute atomic E-state index is 0.211. The van der Waals surface area contributed by atoms with Gasteiger partial charge in [-0.05, 0) is 11.6 Å². The van der Waals surface area contributed by atoms with E-state index in [-0.39, 0.29) is 18.7 Å². The number of hydrogen-bond acceptors (Lipinski definition) is 5. The maximum absolute atomic E-state index is 11.7. The van der Waals surface area contributed by atoms with Crippen LogP contribution in [0.5, 0.6) is 0 Å². The monoisotopic (exact) mass is 325 g/mol. The van der Waals surface area contributed by atoms with Crippen molar-refractivity contribution in [3.8, 4) is 0 Å². The fraction of sp³-hybridized carbons (Fsp3) is 0.125. The van der Waals surface area contributed by atoms with Gasteiger partial charge < -0.3 is 15.0 Å². The third-order valence-electron chi connectivity index (χ3n) is 3.25. The van der Waals surface area contributed by atoms with Crippen LogP contribution in [-0.2, 0) is 11.3 Å². The number of aromatic nitrogens is 4. The van der Waals surface area contributed by atoms with Gasteiger partial charge in [-0.2, -0.15) is 5.10 Å². The van der Waals surface area contributed by atoms with Crippen molar-refractivity contribution in [2.45, 2.75) is 6.61 Å². The van der Waals surface area contributed by atoms with E-state index in [0.717, 1.165) is 5.56 Å². The predicted octanol–water partition coefficient (Wildman–Crippen LogP) is 1.59. The summed E-state index contributed by atoms with van der Waals surface area (Å²) >= 11 is 0. The average molecular weight is 325 g/mol. The van der Waals surface area contributed by atoms with Crippen LogP contribution in [-0.4, -0.2) is 32.8 Å². The van der Waals surface area contributed by atoms with Crippen LogP contribution in [0.4, 0.5) is 4.79 Å². The van der Waals surface area contributed by atoms with Gasteiger partial charge in [0.2, 0.25) is 0 Å². The Labute approximate surface area is 136 Å². The molecule has 0 saturated heterocycles. The summed E-state index contributed by atoms with van der Waals surface area (Å²) in [7, 11) is 0.